The third kappa shape index (κ3) is 4.91. The van der Waals surface area contributed by atoms with Gasteiger partial charge in [-0.15, -0.1) is 6.58 Å². The van der Waals surface area contributed by atoms with Gasteiger partial charge in [-0.2, -0.15) is 5.10 Å². The van der Waals surface area contributed by atoms with Crippen molar-refractivity contribution in [2.24, 2.45) is 11.8 Å². The van der Waals surface area contributed by atoms with Crippen molar-refractivity contribution in [3.8, 4) is 0 Å². The number of carbonyl (C=O) groups is 1. The zero-order chi connectivity index (χ0) is 17.0. The lowest BCUT2D eigenvalue weighted by Gasteiger charge is -2.33. The first-order valence-corrected chi connectivity index (χ1v) is 8.71. The van der Waals surface area contributed by atoms with Crippen molar-refractivity contribution in [3.05, 3.63) is 23.8 Å². The zero-order valence-electron chi connectivity index (χ0n) is 14.9. The van der Waals surface area contributed by atoms with Crippen LogP contribution in [0.5, 0.6) is 0 Å². The molecular weight excluding hydrogens is 288 g/mol. The van der Waals surface area contributed by atoms with Gasteiger partial charge in [0.1, 0.15) is 5.82 Å². The van der Waals surface area contributed by atoms with Gasteiger partial charge in [0.15, 0.2) is 5.82 Å². The van der Waals surface area contributed by atoms with Crippen LogP contribution in [-0.4, -0.2) is 39.1 Å². The van der Waals surface area contributed by atoms with E-state index in [1.165, 1.54) is 0 Å². The van der Waals surface area contributed by atoms with Crippen LogP contribution in [0.4, 0.5) is 0 Å². The normalized spacial score (nSPS) is 17.5. The zero-order valence-corrected chi connectivity index (χ0v) is 14.9. The highest BCUT2D eigenvalue weighted by atomic mass is 16.2. The predicted molar refractivity (Wildman–Crippen MR) is 92.1 cm³/mol. The molecule has 1 aromatic rings. The molecule has 1 saturated heterocycles. The van der Waals surface area contributed by atoms with Gasteiger partial charge in [0.2, 0.25) is 5.91 Å². The maximum atomic E-state index is 12.4. The minimum atomic E-state index is 0.0481. The Morgan fingerprint density at radius 1 is 1.35 bits per heavy atom. The summed E-state index contributed by atoms with van der Waals surface area (Å²) >= 11 is 0. The van der Waals surface area contributed by atoms with Crippen LogP contribution in [0.3, 0.4) is 0 Å². The second kappa shape index (κ2) is 7.75. The van der Waals surface area contributed by atoms with Crippen molar-refractivity contribution < 1.29 is 4.79 Å². The molecule has 2 rings (SSSR count). The summed E-state index contributed by atoms with van der Waals surface area (Å²) in [4.78, 5) is 19.0. The Balaban J connectivity index is 1.81. The van der Waals surface area contributed by atoms with Crippen molar-refractivity contribution in [2.45, 2.75) is 59.3 Å². The number of H-pyrrole nitrogens is 1. The number of nitrogens with zero attached hydrogens (tertiary/aromatic N) is 3. The molecule has 0 saturated carbocycles. The van der Waals surface area contributed by atoms with E-state index in [1.807, 2.05) is 18.7 Å². The lowest BCUT2D eigenvalue weighted by atomic mass is 9.92. The quantitative estimate of drug-likeness (QED) is 0.819. The Bertz CT molecular complexity index is 541. The van der Waals surface area contributed by atoms with Gasteiger partial charge in [0.25, 0.3) is 0 Å². The Kier molecular flexibility index (Phi) is 5.97. The molecule has 0 aromatic carbocycles. The molecule has 1 amide bonds. The van der Waals surface area contributed by atoms with Crippen molar-refractivity contribution in [3.63, 3.8) is 0 Å². The summed E-state index contributed by atoms with van der Waals surface area (Å²) in [6.45, 7) is 13.8. The van der Waals surface area contributed by atoms with E-state index < -0.39 is 0 Å². The molecule has 0 spiro atoms. The Morgan fingerprint density at radius 3 is 2.52 bits per heavy atom. The van der Waals surface area contributed by atoms with Gasteiger partial charge in [-0.25, -0.2) is 4.98 Å². The largest absolute Gasteiger partial charge is 0.342 e. The van der Waals surface area contributed by atoms with Gasteiger partial charge in [-0.05, 0) is 32.1 Å². The molecule has 1 aliphatic rings. The molecule has 1 fully saturated rings. The summed E-state index contributed by atoms with van der Waals surface area (Å²) in [6.07, 6.45) is 3.81. The Labute approximate surface area is 139 Å². The van der Waals surface area contributed by atoms with E-state index in [9.17, 15) is 4.79 Å². The summed E-state index contributed by atoms with van der Waals surface area (Å²) in [5.74, 6) is 3.13. The number of amides is 1. The van der Waals surface area contributed by atoms with Gasteiger partial charge in [-0.3, -0.25) is 9.89 Å². The predicted octanol–water partition coefficient (Wildman–Crippen LogP) is 3.31. The summed E-state index contributed by atoms with van der Waals surface area (Å²) < 4.78 is 0. The van der Waals surface area contributed by atoms with Crippen molar-refractivity contribution in [1.82, 2.24) is 20.1 Å². The lowest BCUT2D eigenvalue weighted by Crippen LogP contribution is -2.41. The Morgan fingerprint density at radius 2 is 2.00 bits per heavy atom. The molecule has 0 aliphatic carbocycles. The van der Waals surface area contributed by atoms with Crippen LogP contribution >= 0.6 is 0 Å². The van der Waals surface area contributed by atoms with Crippen LogP contribution in [0.1, 0.15) is 64.5 Å². The van der Waals surface area contributed by atoms with Crippen LogP contribution in [0.15, 0.2) is 12.2 Å². The summed E-state index contributed by atoms with van der Waals surface area (Å²) in [5.41, 5.74) is 1.08. The number of hydrogen-bond donors (Lipinski definition) is 1. The Hall–Kier alpha value is -1.65. The maximum absolute atomic E-state index is 12.4. The van der Waals surface area contributed by atoms with Gasteiger partial charge in [0.05, 0.1) is 0 Å². The molecule has 1 unspecified atom stereocenters. The topological polar surface area (TPSA) is 61.9 Å². The first-order valence-electron chi connectivity index (χ1n) is 8.71. The van der Waals surface area contributed by atoms with E-state index in [2.05, 4.69) is 35.6 Å². The number of piperidine rings is 1. The molecule has 5 heteroatoms. The van der Waals surface area contributed by atoms with Crippen LogP contribution < -0.4 is 0 Å². The minimum Gasteiger partial charge on any atom is -0.342 e. The van der Waals surface area contributed by atoms with Crippen molar-refractivity contribution in [2.75, 3.05) is 13.1 Å². The molecule has 0 bridgehead atoms. The van der Waals surface area contributed by atoms with Crippen LogP contribution in [0.2, 0.25) is 0 Å². The number of aromatic nitrogens is 3. The lowest BCUT2D eigenvalue weighted by molar-refractivity contribution is -0.136. The average Bonchev–Trinajstić information content (AvgIpc) is 2.95. The molecule has 23 heavy (non-hydrogen) atoms. The number of carbonyl (C=O) groups excluding carboxylic acids is 1. The number of rotatable bonds is 6. The fraction of sp³-hybridized carbons (Fsp3) is 0.722. The van der Waals surface area contributed by atoms with Crippen LogP contribution in [-0.2, 0) is 11.2 Å². The van der Waals surface area contributed by atoms with Crippen LogP contribution in [0, 0.1) is 11.8 Å². The molecule has 2 heterocycles. The highest BCUT2D eigenvalue weighted by Gasteiger charge is 2.26. The van der Waals surface area contributed by atoms with Crippen molar-refractivity contribution >= 4 is 5.91 Å². The summed E-state index contributed by atoms with van der Waals surface area (Å²) in [7, 11) is 0. The fourth-order valence-electron chi connectivity index (χ4n) is 3.21. The first kappa shape index (κ1) is 17.7. The molecule has 5 nitrogen and oxygen atoms in total. The second-order valence-electron chi connectivity index (χ2n) is 7.33. The van der Waals surface area contributed by atoms with E-state index in [-0.39, 0.29) is 11.8 Å². The number of hydrogen-bond acceptors (Lipinski definition) is 3. The third-order valence-electron chi connectivity index (χ3n) is 4.55. The smallest absolute Gasteiger partial charge is 0.225 e. The van der Waals surface area contributed by atoms with Gasteiger partial charge in [-0.1, -0.05) is 26.3 Å². The highest BCUT2D eigenvalue weighted by molar-refractivity contribution is 5.78. The SMILES string of the molecule is C=C(C)CC(C)C(=O)N1CCC(Cc2nc(C(C)C)n[nH]2)CC1. The molecular formula is C18H30N4O. The van der Waals surface area contributed by atoms with E-state index in [0.717, 1.165) is 56.0 Å². The summed E-state index contributed by atoms with van der Waals surface area (Å²) in [6, 6.07) is 0. The third-order valence-corrected chi connectivity index (χ3v) is 4.55. The van der Waals surface area contributed by atoms with Crippen molar-refractivity contribution in [1.29, 1.82) is 0 Å². The maximum Gasteiger partial charge on any atom is 0.225 e. The first-order chi connectivity index (χ1) is 10.9. The van der Waals surface area contributed by atoms with E-state index in [1.54, 1.807) is 0 Å². The number of nitrogens with one attached hydrogen (secondary N) is 1. The standard InChI is InChI=1S/C18H30N4O/c1-12(2)10-14(5)18(23)22-8-6-15(7-9-22)11-16-19-17(13(3)4)21-20-16/h13-15H,1,6-11H2,2-5H3,(H,19,20,21). The highest BCUT2D eigenvalue weighted by Crippen LogP contribution is 2.23. The van der Waals surface area contributed by atoms with Gasteiger partial charge < -0.3 is 4.90 Å². The molecule has 0 radical (unpaired) electrons. The minimum absolute atomic E-state index is 0.0481. The molecule has 1 atom stereocenters. The number of allylic oxidation sites excluding steroid dienone is 1. The number of likely N-dealkylation sites (tertiary alicyclic amines) is 1. The number of aromatic amines is 1. The molecule has 1 aliphatic heterocycles. The average molecular weight is 318 g/mol. The summed E-state index contributed by atoms with van der Waals surface area (Å²) in [5, 5.41) is 7.32. The van der Waals surface area contributed by atoms with Gasteiger partial charge >= 0.3 is 0 Å². The fourth-order valence-corrected chi connectivity index (χ4v) is 3.21. The molecule has 1 aromatic heterocycles. The van der Waals surface area contributed by atoms with Crippen LogP contribution in [0.25, 0.3) is 0 Å². The van der Waals surface area contributed by atoms with E-state index in [4.69, 9.17) is 0 Å². The van der Waals surface area contributed by atoms with E-state index in [0.29, 0.717) is 11.8 Å². The van der Waals surface area contributed by atoms with Gasteiger partial charge in [0, 0.05) is 31.3 Å². The molecule has 1 N–H and O–H groups in total. The monoisotopic (exact) mass is 318 g/mol. The molecule has 128 valence electrons. The van der Waals surface area contributed by atoms with E-state index >= 15 is 0 Å². The second-order valence-corrected chi connectivity index (χ2v) is 7.33.